The van der Waals surface area contributed by atoms with Gasteiger partial charge in [0.2, 0.25) is 5.91 Å². The van der Waals surface area contributed by atoms with E-state index in [0.717, 1.165) is 17.9 Å². The van der Waals surface area contributed by atoms with Gasteiger partial charge < -0.3 is 16.0 Å². The van der Waals surface area contributed by atoms with Crippen LogP contribution >= 0.6 is 0 Å². The van der Waals surface area contributed by atoms with Gasteiger partial charge in [0.25, 0.3) is 0 Å². The van der Waals surface area contributed by atoms with Crippen molar-refractivity contribution in [2.75, 3.05) is 29.0 Å². The normalized spacial score (nSPS) is 17.3. The number of hydrogen-bond acceptors (Lipinski definition) is 3. The zero-order valence-electron chi connectivity index (χ0n) is 12.8. The lowest BCUT2D eigenvalue weighted by molar-refractivity contribution is -0.118. The zero-order valence-corrected chi connectivity index (χ0v) is 12.8. The molecule has 3 rings (SSSR count). The van der Waals surface area contributed by atoms with E-state index in [1.807, 2.05) is 48.2 Å². The van der Waals surface area contributed by atoms with Crippen LogP contribution in [0.25, 0.3) is 0 Å². The first-order chi connectivity index (χ1) is 10.7. The number of hydrogen-bond donors (Lipinski definition) is 2. The minimum absolute atomic E-state index is 0.135. The highest BCUT2D eigenvalue weighted by molar-refractivity contribution is 5.97. The summed E-state index contributed by atoms with van der Waals surface area (Å²) in [5.41, 5.74) is 9.68. The first-order valence-corrected chi connectivity index (χ1v) is 7.67. The lowest BCUT2D eigenvalue weighted by Gasteiger charge is -2.25. The quantitative estimate of drug-likeness (QED) is 0.836. The Morgan fingerprint density at radius 3 is 2.77 bits per heavy atom. The van der Waals surface area contributed by atoms with Crippen molar-refractivity contribution in [3.63, 3.8) is 0 Å². The Kier molecular flexibility index (Phi) is 4.00. The number of rotatable bonds is 2. The van der Waals surface area contributed by atoms with E-state index in [9.17, 15) is 4.79 Å². The maximum Gasteiger partial charge on any atom is 0.226 e. The second-order valence-corrected chi connectivity index (χ2v) is 5.62. The third-order valence-electron chi connectivity index (χ3n) is 4.13. The van der Waals surface area contributed by atoms with E-state index in [2.05, 4.69) is 17.4 Å². The molecule has 114 valence electrons. The summed E-state index contributed by atoms with van der Waals surface area (Å²) < 4.78 is 0. The molecule has 0 bridgehead atoms. The Morgan fingerprint density at radius 2 is 2.05 bits per heavy atom. The van der Waals surface area contributed by atoms with Crippen molar-refractivity contribution in [2.45, 2.75) is 19.3 Å². The monoisotopic (exact) mass is 295 g/mol. The van der Waals surface area contributed by atoms with Crippen molar-refractivity contribution in [1.29, 1.82) is 0 Å². The molecule has 1 atom stereocenters. The van der Waals surface area contributed by atoms with Gasteiger partial charge in [0.15, 0.2) is 0 Å². The average molecular weight is 295 g/mol. The van der Waals surface area contributed by atoms with Gasteiger partial charge in [-0.05, 0) is 23.8 Å². The number of carbonyl (C=O) groups excluding carboxylic acids is 1. The molecule has 2 aromatic rings. The summed E-state index contributed by atoms with van der Waals surface area (Å²) >= 11 is 0. The second-order valence-electron chi connectivity index (χ2n) is 5.62. The number of anilines is 3. The molecule has 0 radical (unpaired) electrons. The molecule has 2 aromatic carbocycles. The molecular formula is C18H21N3O. The maximum absolute atomic E-state index is 12.4. The van der Waals surface area contributed by atoms with E-state index in [1.54, 1.807) is 0 Å². The van der Waals surface area contributed by atoms with Gasteiger partial charge in [-0.1, -0.05) is 37.3 Å². The Labute approximate surface area is 130 Å². The van der Waals surface area contributed by atoms with Crippen LogP contribution < -0.4 is 16.0 Å². The third-order valence-corrected chi connectivity index (χ3v) is 4.13. The molecule has 1 aliphatic heterocycles. The summed E-state index contributed by atoms with van der Waals surface area (Å²) in [5.74, 6) is 0.390. The van der Waals surface area contributed by atoms with Gasteiger partial charge in [-0.25, -0.2) is 0 Å². The number of nitrogens with two attached hydrogens (primary N) is 1. The van der Waals surface area contributed by atoms with Gasteiger partial charge in [-0.2, -0.15) is 0 Å². The van der Waals surface area contributed by atoms with Gasteiger partial charge in [-0.15, -0.1) is 0 Å². The zero-order chi connectivity index (χ0) is 15.5. The van der Waals surface area contributed by atoms with Crippen LogP contribution in [0.2, 0.25) is 0 Å². The van der Waals surface area contributed by atoms with Gasteiger partial charge in [-0.3, -0.25) is 4.79 Å². The molecule has 4 heteroatoms. The molecule has 0 spiro atoms. The predicted molar refractivity (Wildman–Crippen MR) is 91.2 cm³/mol. The lowest BCUT2D eigenvalue weighted by Crippen LogP contribution is -2.34. The van der Waals surface area contributed by atoms with E-state index in [1.165, 1.54) is 5.56 Å². The van der Waals surface area contributed by atoms with Crippen LogP contribution in [0.1, 0.15) is 24.8 Å². The van der Waals surface area contributed by atoms with Crippen molar-refractivity contribution in [3.8, 4) is 0 Å². The Morgan fingerprint density at radius 1 is 1.27 bits per heavy atom. The summed E-state index contributed by atoms with van der Waals surface area (Å²) in [6, 6.07) is 16.0. The van der Waals surface area contributed by atoms with Gasteiger partial charge in [0.05, 0.1) is 11.4 Å². The number of nitrogens with one attached hydrogen (secondary N) is 1. The second kappa shape index (κ2) is 6.10. The summed E-state index contributed by atoms with van der Waals surface area (Å²) in [5, 5.41) is 3.45. The maximum atomic E-state index is 12.4. The standard InChI is InChI=1S/C18H21N3O/c1-2-18(22)21-12-14(13-6-4-3-5-7-13)11-20-16-10-15(19)8-9-17(16)21/h3-10,14,20H,2,11-12,19H2,1H3. The molecular weight excluding hydrogens is 274 g/mol. The fraction of sp³-hybridized carbons (Fsp3) is 0.278. The summed E-state index contributed by atoms with van der Waals surface area (Å²) in [6.45, 7) is 3.36. The van der Waals surface area contributed by atoms with Crippen molar-refractivity contribution < 1.29 is 4.79 Å². The SMILES string of the molecule is CCC(=O)N1CC(c2ccccc2)CNc2cc(N)ccc21. The van der Waals surface area contributed by atoms with Crippen molar-refractivity contribution in [1.82, 2.24) is 0 Å². The van der Waals surface area contributed by atoms with Gasteiger partial charge in [0.1, 0.15) is 0 Å². The number of carbonyl (C=O) groups is 1. The molecule has 1 unspecified atom stereocenters. The van der Waals surface area contributed by atoms with E-state index >= 15 is 0 Å². The highest BCUT2D eigenvalue weighted by atomic mass is 16.2. The molecule has 1 amide bonds. The summed E-state index contributed by atoms with van der Waals surface area (Å²) in [7, 11) is 0. The van der Waals surface area contributed by atoms with Crippen LogP contribution in [-0.4, -0.2) is 19.0 Å². The number of benzene rings is 2. The third kappa shape index (κ3) is 2.77. The van der Waals surface area contributed by atoms with Gasteiger partial charge >= 0.3 is 0 Å². The smallest absolute Gasteiger partial charge is 0.226 e. The van der Waals surface area contributed by atoms with Crippen molar-refractivity contribution in [2.24, 2.45) is 0 Å². The number of nitrogen functional groups attached to an aromatic ring is 1. The average Bonchev–Trinajstić information content (AvgIpc) is 2.74. The minimum Gasteiger partial charge on any atom is -0.399 e. The first-order valence-electron chi connectivity index (χ1n) is 7.67. The van der Waals surface area contributed by atoms with Crippen LogP contribution in [0.5, 0.6) is 0 Å². The fourth-order valence-electron chi connectivity index (χ4n) is 2.92. The molecule has 1 aliphatic rings. The lowest BCUT2D eigenvalue weighted by atomic mass is 9.98. The van der Waals surface area contributed by atoms with E-state index < -0.39 is 0 Å². The van der Waals surface area contributed by atoms with Crippen LogP contribution in [0.15, 0.2) is 48.5 Å². The number of nitrogens with zero attached hydrogens (tertiary/aromatic N) is 1. The van der Waals surface area contributed by atoms with Gasteiger partial charge in [0, 0.05) is 31.1 Å². The summed E-state index contributed by atoms with van der Waals surface area (Å²) in [6.07, 6.45) is 0.491. The molecule has 4 nitrogen and oxygen atoms in total. The molecule has 1 heterocycles. The Bertz CT molecular complexity index is 669. The highest BCUT2D eigenvalue weighted by Gasteiger charge is 2.26. The topological polar surface area (TPSA) is 58.4 Å². The fourth-order valence-corrected chi connectivity index (χ4v) is 2.92. The van der Waals surface area contributed by atoms with Crippen molar-refractivity contribution in [3.05, 3.63) is 54.1 Å². The predicted octanol–water partition coefficient (Wildman–Crippen LogP) is 3.22. The molecule has 0 aliphatic carbocycles. The van der Waals surface area contributed by atoms with Crippen LogP contribution in [0.4, 0.5) is 17.1 Å². The van der Waals surface area contributed by atoms with Crippen LogP contribution in [-0.2, 0) is 4.79 Å². The molecule has 0 saturated heterocycles. The minimum atomic E-state index is 0.135. The molecule has 3 N–H and O–H groups in total. The van der Waals surface area contributed by atoms with Crippen LogP contribution in [0, 0.1) is 0 Å². The Balaban J connectivity index is 1.98. The molecule has 0 saturated carbocycles. The largest absolute Gasteiger partial charge is 0.399 e. The number of fused-ring (bicyclic) bond motifs is 1. The van der Waals surface area contributed by atoms with Crippen LogP contribution in [0.3, 0.4) is 0 Å². The van der Waals surface area contributed by atoms with E-state index in [4.69, 9.17) is 5.73 Å². The summed E-state index contributed by atoms with van der Waals surface area (Å²) in [4.78, 5) is 14.3. The highest BCUT2D eigenvalue weighted by Crippen LogP contribution is 2.34. The molecule has 22 heavy (non-hydrogen) atoms. The molecule has 0 fully saturated rings. The first kappa shape index (κ1) is 14.4. The van der Waals surface area contributed by atoms with Crippen molar-refractivity contribution >= 4 is 23.0 Å². The number of amides is 1. The van der Waals surface area contributed by atoms with E-state index in [0.29, 0.717) is 18.7 Å². The Hall–Kier alpha value is -2.49. The molecule has 0 aromatic heterocycles. The van der Waals surface area contributed by atoms with E-state index in [-0.39, 0.29) is 11.8 Å².